The van der Waals surface area contributed by atoms with Gasteiger partial charge in [-0.05, 0) is 54.4 Å². The molecular weight excluding hydrogens is 402 g/mol. The number of aliphatic hydroxyl groups is 2. The van der Waals surface area contributed by atoms with E-state index in [1.54, 1.807) is 41.5 Å². The molecule has 0 bridgehead atoms. The maximum absolute atomic E-state index is 12.9. The van der Waals surface area contributed by atoms with Crippen molar-refractivity contribution in [3.8, 4) is 0 Å². The van der Waals surface area contributed by atoms with Gasteiger partial charge in [0, 0.05) is 13.1 Å². The lowest BCUT2D eigenvalue weighted by Gasteiger charge is -2.33. The van der Waals surface area contributed by atoms with Gasteiger partial charge in [0.2, 0.25) is 0 Å². The third-order valence-corrected chi connectivity index (χ3v) is 4.30. The molecule has 2 heterocycles. The number of piperidine rings is 2. The zero-order valence-electron chi connectivity index (χ0n) is 18.7. The van der Waals surface area contributed by atoms with E-state index in [0.717, 1.165) is 0 Å². The fourth-order valence-electron chi connectivity index (χ4n) is 2.79. The summed E-state index contributed by atoms with van der Waals surface area (Å²) in [7, 11) is 0. The number of halogens is 2. The van der Waals surface area contributed by atoms with Crippen LogP contribution in [0.2, 0.25) is 0 Å². The van der Waals surface area contributed by atoms with Crippen molar-refractivity contribution in [2.45, 2.75) is 90.1 Å². The standard InChI is InChI=1S/2C10H18FNO3/c2*1-10(2,3)15-9(14)12-5-4-7(11)8(13)6-12/h2*7-8,13H,4-6H2,1-3H3/t2*7-,8+/m10/s1. The van der Waals surface area contributed by atoms with Crippen LogP contribution in [0.5, 0.6) is 0 Å². The van der Waals surface area contributed by atoms with Gasteiger partial charge in [0.1, 0.15) is 35.8 Å². The van der Waals surface area contributed by atoms with E-state index < -0.39 is 47.9 Å². The molecule has 0 aromatic rings. The second kappa shape index (κ2) is 10.6. The summed E-state index contributed by atoms with van der Waals surface area (Å²) in [6.45, 7) is 11.2. The summed E-state index contributed by atoms with van der Waals surface area (Å²) in [5, 5.41) is 18.5. The van der Waals surface area contributed by atoms with Gasteiger partial charge in [0.05, 0.1) is 13.1 Å². The van der Waals surface area contributed by atoms with Gasteiger partial charge in [-0.25, -0.2) is 18.4 Å². The lowest BCUT2D eigenvalue weighted by molar-refractivity contribution is -0.0206. The van der Waals surface area contributed by atoms with Crippen LogP contribution in [0.1, 0.15) is 54.4 Å². The van der Waals surface area contributed by atoms with E-state index >= 15 is 0 Å². The molecule has 0 saturated carbocycles. The summed E-state index contributed by atoms with van der Waals surface area (Å²) < 4.78 is 36.1. The minimum Gasteiger partial charge on any atom is -0.444 e. The molecule has 176 valence electrons. The molecule has 2 aliphatic heterocycles. The quantitative estimate of drug-likeness (QED) is 0.603. The second-order valence-corrected chi connectivity index (χ2v) is 9.60. The van der Waals surface area contributed by atoms with E-state index in [1.807, 2.05) is 0 Å². The number of aliphatic hydroxyl groups excluding tert-OH is 2. The Hall–Kier alpha value is -1.68. The van der Waals surface area contributed by atoms with Crippen molar-refractivity contribution >= 4 is 12.2 Å². The third-order valence-electron chi connectivity index (χ3n) is 4.30. The van der Waals surface area contributed by atoms with E-state index in [9.17, 15) is 28.6 Å². The predicted molar refractivity (Wildman–Crippen MR) is 107 cm³/mol. The number of amides is 2. The van der Waals surface area contributed by atoms with Crippen LogP contribution in [0.4, 0.5) is 18.4 Å². The molecule has 30 heavy (non-hydrogen) atoms. The zero-order valence-corrected chi connectivity index (χ0v) is 18.7. The van der Waals surface area contributed by atoms with E-state index in [2.05, 4.69) is 0 Å². The Morgan fingerprint density at radius 3 is 1.30 bits per heavy atom. The van der Waals surface area contributed by atoms with E-state index in [1.165, 1.54) is 9.80 Å². The molecular formula is C20H36F2N2O6. The summed E-state index contributed by atoms with van der Waals surface area (Å²) in [5.41, 5.74) is -1.12. The van der Waals surface area contributed by atoms with E-state index in [4.69, 9.17) is 9.47 Å². The highest BCUT2D eigenvalue weighted by molar-refractivity contribution is 5.68. The second-order valence-electron chi connectivity index (χ2n) is 9.60. The molecule has 2 rings (SSSR count). The lowest BCUT2D eigenvalue weighted by atomic mass is 10.1. The molecule has 2 aliphatic rings. The summed E-state index contributed by atoms with van der Waals surface area (Å²) in [5.74, 6) is 0. The molecule has 0 aliphatic carbocycles. The van der Waals surface area contributed by atoms with Crippen molar-refractivity contribution in [3.05, 3.63) is 0 Å². The average molecular weight is 439 g/mol. The first-order chi connectivity index (χ1) is 13.6. The Kier molecular flexibility index (Phi) is 9.28. The monoisotopic (exact) mass is 438 g/mol. The Morgan fingerprint density at radius 2 is 1.07 bits per heavy atom. The number of β-amino-alcohol motifs (C(OH)–C–C–N with tert-alkyl or cyclic N) is 2. The van der Waals surface area contributed by atoms with E-state index in [-0.39, 0.29) is 25.9 Å². The molecule has 0 aromatic carbocycles. The van der Waals surface area contributed by atoms with Gasteiger partial charge in [-0.15, -0.1) is 0 Å². The molecule has 2 amide bonds. The maximum Gasteiger partial charge on any atom is 0.410 e. The first kappa shape index (κ1) is 26.4. The molecule has 2 N–H and O–H groups in total. The van der Waals surface area contributed by atoms with Crippen LogP contribution in [0.15, 0.2) is 0 Å². The van der Waals surface area contributed by atoms with Gasteiger partial charge in [-0.1, -0.05) is 0 Å². The minimum atomic E-state index is -1.23. The number of nitrogens with zero attached hydrogens (tertiary/aromatic N) is 2. The van der Waals surface area contributed by atoms with Crippen LogP contribution in [-0.4, -0.2) is 94.1 Å². The highest BCUT2D eigenvalue weighted by Gasteiger charge is 2.33. The van der Waals surface area contributed by atoms with Crippen molar-refractivity contribution in [2.75, 3.05) is 26.2 Å². The number of hydrogen-bond donors (Lipinski definition) is 2. The third kappa shape index (κ3) is 9.42. The highest BCUT2D eigenvalue weighted by Crippen LogP contribution is 2.18. The lowest BCUT2D eigenvalue weighted by Crippen LogP contribution is -2.49. The summed E-state index contributed by atoms with van der Waals surface area (Å²) in [6, 6.07) is 0. The van der Waals surface area contributed by atoms with Gasteiger partial charge < -0.3 is 29.5 Å². The largest absolute Gasteiger partial charge is 0.444 e. The van der Waals surface area contributed by atoms with Gasteiger partial charge in [-0.3, -0.25) is 0 Å². The molecule has 2 saturated heterocycles. The Morgan fingerprint density at radius 1 is 0.767 bits per heavy atom. The van der Waals surface area contributed by atoms with Gasteiger partial charge in [0.25, 0.3) is 0 Å². The molecule has 0 unspecified atom stereocenters. The molecule has 8 nitrogen and oxygen atoms in total. The number of alkyl halides is 2. The van der Waals surface area contributed by atoms with Crippen LogP contribution in [0, 0.1) is 0 Å². The molecule has 10 heteroatoms. The maximum atomic E-state index is 12.9. The van der Waals surface area contributed by atoms with Crippen molar-refractivity contribution in [3.63, 3.8) is 0 Å². The first-order valence-electron chi connectivity index (χ1n) is 10.2. The normalized spacial score (nSPS) is 27.7. The van der Waals surface area contributed by atoms with Crippen LogP contribution >= 0.6 is 0 Å². The Balaban J connectivity index is 0.000000300. The first-order valence-corrected chi connectivity index (χ1v) is 10.2. The average Bonchev–Trinajstić information content (AvgIpc) is 2.57. The number of ether oxygens (including phenoxy) is 2. The van der Waals surface area contributed by atoms with Crippen LogP contribution < -0.4 is 0 Å². The number of likely N-dealkylation sites (tertiary alicyclic amines) is 2. The summed E-state index contributed by atoms with van der Waals surface area (Å²) in [4.78, 5) is 25.8. The van der Waals surface area contributed by atoms with E-state index in [0.29, 0.717) is 13.1 Å². The molecule has 4 atom stereocenters. The fourth-order valence-corrected chi connectivity index (χ4v) is 2.79. The highest BCUT2D eigenvalue weighted by atomic mass is 19.1. The van der Waals surface area contributed by atoms with Crippen molar-refractivity contribution in [1.29, 1.82) is 0 Å². The number of carbonyl (C=O) groups excluding carboxylic acids is 2. The van der Waals surface area contributed by atoms with Gasteiger partial charge >= 0.3 is 12.2 Å². The molecule has 0 radical (unpaired) electrons. The molecule has 0 spiro atoms. The molecule has 0 aromatic heterocycles. The van der Waals surface area contributed by atoms with Gasteiger partial charge in [0.15, 0.2) is 0 Å². The number of hydrogen-bond acceptors (Lipinski definition) is 6. The van der Waals surface area contributed by atoms with Crippen molar-refractivity contribution in [2.24, 2.45) is 0 Å². The van der Waals surface area contributed by atoms with Crippen LogP contribution in [0.25, 0.3) is 0 Å². The summed E-state index contributed by atoms with van der Waals surface area (Å²) >= 11 is 0. The topological polar surface area (TPSA) is 99.5 Å². The number of carbonyl (C=O) groups is 2. The minimum absolute atomic E-state index is 0.0100. The van der Waals surface area contributed by atoms with Gasteiger partial charge in [-0.2, -0.15) is 0 Å². The zero-order chi connectivity index (χ0) is 23.3. The van der Waals surface area contributed by atoms with Crippen LogP contribution in [-0.2, 0) is 9.47 Å². The fraction of sp³-hybridized carbons (Fsp3) is 0.900. The van der Waals surface area contributed by atoms with Crippen LogP contribution in [0.3, 0.4) is 0 Å². The van der Waals surface area contributed by atoms with Crippen molar-refractivity contribution in [1.82, 2.24) is 9.80 Å². The van der Waals surface area contributed by atoms with Crippen molar-refractivity contribution < 1.29 is 38.1 Å². The predicted octanol–water partition coefficient (Wildman–Crippen LogP) is 2.65. The summed E-state index contributed by atoms with van der Waals surface area (Å²) in [6.07, 6.45) is -5.30. The SMILES string of the molecule is CC(C)(C)OC(=O)N1CC[C@@H](F)[C@@H](O)C1.CC(C)(C)OC(=O)N1CC[C@H](F)[C@H](O)C1. The smallest absolute Gasteiger partial charge is 0.410 e. The molecule has 2 fully saturated rings. The Bertz CT molecular complexity index is 529. The number of rotatable bonds is 0. The Labute approximate surface area is 177 Å².